The molecule has 1 aromatic heterocycles. The lowest BCUT2D eigenvalue weighted by molar-refractivity contribution is -0.138. The molecule has 3 aromatic carbocycles. The first kappa shape index (κ1) is 26.4. The molecule has 1 aliphatic heterocycles. The van der Waals surface area contributed by atoms with E-state index in [2.05, 4.69) is 72.6 Å². The number of thiazole rings is 1. The van der Waals surface area contributed by atoms with Crippen molar-refractivity contribution >= 4 is 16.5 Å². The number of alkyl halides is 3. The lowest BCUT2D eigenvalue weighted by Gasteiger charge is -2.32. The highest BCUT2D eigenvalue weighted by Crippen LogP contribution is 2.39. The second-order valence-corrected chi connectivity index (χ2v) is 11.2. The molecule has 38 heavy (non-hydrogen) atoms. The predicted octanol–water partition coefficient (Wildman–Crippen LogP) is 8.44. The Labute approximate surface area is 226 Å². The number of nitrogens with zero attached hydrogens (tertiary/aromatic N) is 2. The first-order valence-corrected chi connectivity index (χ1v) is 13.8. The molecule has 1 saturated heterocycles. The van der Waals surface area contributed by atoms with E-state index >= 15 is 0 Å². The maximum Gasteiger partial charge on any atom is 0.416 e. The van der Waals surface area contributed by atoms with E-state index in [1.807, 2.05) is 0 Å². The van der Waals surface area contributed by atoms with Crippen molar-refractivity contribution in [2.45, 2.75) is 39.4 Å². The molecular formula is C31H32F3N3S. The zero-order valence-corrected chi connectivity index (χ0v) is 22.5. The molecule has 0 spiro atoms. The highest BCUT2D eigenvalue weighted by atomic mass is 32.1. The molecule has 0 atom stereocenters. The fourth-order valence-electron chi connectivity index (χ4n) is 4.96. The molecule has 0 saturated carbocycles. The van der Waals surface area contributed by atoms with Crippen LogP contribution < -0.4 is 5.32 Å². The smallest absolute Gasteiger partial charge is 0.361 e. The SMILES string of the molecule is Cc1ccc(-c2nc(NCC3CCN(Cc4ccccc4C(F)(F)F)CC3)sc2-c2ccc(C)cc2)cc1. The summed E-state index contributed by atoms with van der Waals surface area (Å²) in [5.41, 5.74) is 5.51. The highest BCUT2D eigenvalue weighted by molar-refractivity contribution is 7.19. The molecule has 3 nitrogen and oxygen atoms in total. The van der Waals surface area contributed by atoms with Crippen LogP contribution in [0.4, 0.5) is 18.3 Å². The molecule has 0 aliphatic carbocycles. The lowest BCUT2D eigenvalue weighted by Crippen LogP contribution is -2.35. The van der Waals surface area contributed by atoms with Crippen LogP contribution in [0, 0.1) is 19.8 Å². The Kier molecular flexibility index (Phi) is 7.86. The molecule has 1 fully saturated rings. The number of piperidine rings is 1. The number of likely N-dealkylation sites (tertiary alicyclic amines) is 1. The monoisotopic (exact) mass is 535 g/mol. The van der Waals surface area contributed by atoms with Crippen molar-refractivity contribution in [1.82, 2.24) is 9.88 Å². The maximum absolute atomic E-state index is 13.4. The van der Waals surface area contributed by atoms with Crippen molar-refractivity contribution < 1.29 is 13.2 Å². The molecule has 2 heterocycles. The van der Waals surface area contributed by atoms with E-state index in [1.54, 1.807) is 23.5 Å². The van der Waals surface area contributed by atoms with Gasteiger partial charge in [-0.25, -0.2) is 4.98 Å². The average molecular weight is 536 g/mol. The Bertz CT molecular complexity index is 1290. The van der Waals surface area contributed by atoms with Gasteiger partial charge in [0.05, 0.1) is 16.1 Å². The van der Waals surface area contributed by atoms with Crippen LogP contribution in [0.1, 0.15) is 35.1 Å². The van der Waals surface area contributed by atoms with Crippen LogP contribution in [0.2, 0.25) is 0 Å². The topological polar surface area (TPSA) is 28.2 Å². The molecule has 5 rings (SSSR count). The molecule has 7 heteroatoms. The number of nitrogens with one attached hydrogen (secondary N) is 1. The van der Waals surface area contributed by atoms with Gasteiger partial charge in [0, 0.05) is 18.7 Å². The molecule has 0 bridgehead atoms. The zero-order valence-electron chi connectivity index (χ0n) is 21.7. The molecule has 1 aliphatic rings. The standard InChI is InChI=1S/C31H32F3N3S/c1-21-7-11-24(12-8-21)28-29(25-13-9-22(2)10-14-25)38-30(36-28)35-19-23-15-17-37(18-16-23)20-26-5-3-4-6-27(26)31(32,33)34/h3-14,23H,15-20H2,1-2H3,(H,35,36). The van der Waals surface area contributed by atoms with Crippen LogP contribution >= 0.6 is 11.3 Å². The largest absolute Gasteiger partial charge is 0.416 e. The quantitative estimate of drug-likeness (QED) is 0.257. The van der Waals surface area contributed by atoms with Crippen molar-refractivity contribution in [2.24, 2.45) is 5.92 Å². The summed E-state index contributed by atoms with van der Waals surface area (Å²) in [7, 11) is 0. The van der Waals surface area contributed by atoms with Crippen molar-refractivity contribution in [3.63, 3.8) is 0 Å². The van der Waals surface area contributed by atoms with Gasteiger partial charge in [0.25, 0.3) is 0 Å². The van der Waals surface area contributed by atoms with Gasteiger partial charge in [-0.3, -0.25) is 4.90 Å². The van der Waals surface area contributed by atoms with Crippen LogP contribution in [0.5, 0.6) is 0 Å². The van der Waals surface area contributed by atoms with Crippen LogP contribution in [0.15, 0.2) is 72.8 Å². The van der Waals surface area contributed by atoms with Gasteiger partial charge in [0.1, 0.15) is 0 Å². The van der Waals surface area contributed by atoms with E-state index in [9.17, 15) is 13.2 Å². The first-order chi connectivity index (χ1) is 18.3. The van der Waals surface area contributed by atoms with Crippen LogP contribution in [0.25, 0.3) is 21.7 Å². The Morgan fingerprint density at radius 3 is 2.11 bits per heavy atom. The third kappa shape index (κ3) is 6.27. The minimum atomic E-state index is -4.32. The molecule has 0 unspecified atom stereocenters. The number of rotatable bonds is 7. The van der Waals surface area contributed by atoms with Gasteiger partial charge < -0.3 is 5.32 Å². The van der Waals surface area contributed by atoms with Crippen molar-refractivity contribution in [2.75, 3.05) is 25.0 Å². The van der Waals surface area contributed by atoms with Gasteiger partial charge in [-0.1, -0.05) is 89.2 Å². The Morgan fingerprint density at radius 1 is 0.868 bits per heavy atom. The van der Waals surface area contributed by atoms with E-state index in [1.165, 1.54) is 23.3 Å². The van der Waals surface area contributed by atoms with Gasteiger partial charge in [0.2, 0.25) is 0 Å². The van der Waals surface area contributed by atoms with E-state index < -0.39 is 11.7 Å². The minimum Gasteiger partial charge on any atom is -0.361 e. The first-order valence-electron chi connectivity index (χ1n) is 13.0. The summed E-state index contributed by atoms with van der Waals surface area (Å²) in [6.07, 6.45) is -2.42. The van der Waals surface area contributed by atoms with Gasteiger partial charge in [0.15, 0.2) is 5.13 Å². The van der Waals surface area contributed by atoms with Crippen LogP contribution in [-0.4, -0.2) is 29.5 Å². The number of benzene rings is 3. The van der Waals surface area contributed by atoms with Gasteiger partial charge in [-0.05, 0) is 62.9 Å². The normalized spacial score (nSPS) is 15.1. The summed E-state index contributed by atoms with van der Waals surface area (Å²) in [4.78, 5) is 8.27. The number of hydrogen-bond donors (Lipinski definition) is 1. The summed E-state index contributed by atoms with van der Waals surface area (Å²) in [6.45, 7) is 6.90. The van der Waals surface area contributed by atoms with Crippen LogP contribution in [0.3, 0.4) is 0 Å². The molecule has 1 N–H and O–H groups in total. The Morgan fingerprint density at radius 2 is 1.47 bits per heavy atom. The zero-order chi connectivity index (χ0) is 26.7. The second kappa shape index (κ2) is 11.3. The van der Waals surface area contributed by atoms with Crippen molar-refractivity contribution in [3.05, 3.63) is 95.1 Å². The number of aromatic nitrogens is 1. The van der Waals surface area contributed by atoms with Gasteiger partial charge in [-0.2, -0.15) is 13.2 Å². The summed E-state index contributed by atoms with van der Waals surface area (Å²) in [6, 6.07) is 22.9. The molecular weight excluding hydrogens is 503 g/mol. The minimum absolute atomic E-state index is 0.335. The number of anilines is 1. The van der Waals surface area contributed by atoms with Crippen molar-refractivity contribution in [1.29, 1.82) is 0 Å². The number of halogens is 3. The predicted molar refractivity (Wildman–Crippen MR) is 150 cm³/mol. The summed E-state index contributed by atoms with van der Waals surface area (Å²) in [5, 5.41) is 4.47. The fraction of sp³-hybridized carbons (Fsp3) is 0.323. The van der Waals surface area contributed by atoms with E-state index in [4.69, 9.17) is 4.98 Å². The molecule has 4 aromatic rings. The third-order valence-corrected chi connectivity index (χ3v) is 8.29. The van der Waals surface area contributed by atoms with Crippen molar-refractivity contribution in [3.8, 4) is 21.7 Å². The Hall–Kier alpha value is -3.16. The van der Waals surface area contributed by atoms with E-state index in [0.717, 1.165) is 59.3 Å². The van der Waals surface area contributed by atoms with Gasteiger partial charge in [-0.15, -0.1) is 0 Å². The molecule has 198 valence electrons. The highest BCUT2D eigenvalue weighted by Gasteiger charge is 2.33. The fourth-order valence-corrected chi connectivity index (χ4v) is 5.96. The van der Waals surface area contributed by atoms with Gasteiger partial charge >= 0.3 is 6.18 Å². The lowest BCUT2D eigenvalue weighted by atomic mass is 9.96. The maximum atomic E-state index is 13.4. The Balaban J connectivity index is 1.24. The number of aryl methyl sites for hydroxylation is 2. The molecule has 0 amide bonds. The molecule has 0 radical (unpaired) electrons. The average Bonchev–Trinajstić information content (AvgIpc) is 3.33. The summed E-state index contributed by atoms with van der Waals surface area (Å²) >= 11 is 1.67. The van der Waals surface area contributed by atoms with E-state index in [0.29, 0.717) is 18.0 Å². The number of hydrogen-bond acceptors (Lipinski definition) is 4. The third-order valence-electron chi connectivity index (χ3n) is 7.23. The van der Waals surface area contributed by atoms with Crippen LogP contribution in [-0.2, 0) is 12.7 Å². The summed E-state index contributed by atoms with van der Waals surface area (Å²) in [5.74, 6) is 0.457. The second-order valence-electron chi connectivity index (χ2n) is 10.2. The van der Waals surface area contributed by atoms with E-state index in [-0.39, 0.29) is 0 Å². The summed E-state index contributed by atoms with van der Waals surface area (Å²) < 4.78 is 40.1.